The maximum Gasteiger partial charge on any atom is 0.290 e. The van der Waals surface area contributed by atoms with Gasteiger partial charge in [-0.3, -0.25) is 29.3 Å². The largest absolute Gasteiger partial charge is 0.483 e. The van der Waals surface area contributed by atoms with Gasteiger partial charge in [-0.1, -0.05) is 19.1 Å². The number of pyridine rings is 2. The van der Waals surface area contributed by atoms with Crippen LogP contribution in [0, 0.1) is 22.6 Å². The maximum atomic E-state index is 15.3. The number of benzene rings is 2. The molecule has 4 aliphatic rings. The smallest absolute Gasteiger partial charge is 0.290 e. The summed E-state index contributed by atoms with van der Waals surface area (Å²) in [6.07, 6.45) is 8.03. The van der Waals surface area contributed by atoms with Crippen LogP contribution >= 0.6 is 0 Å². The van der Waals surface area contributed by atoms with Gasteiger partial charge in [-0.15, -0.1) is 0 Å². The summed E-state index contributed by atoms with van der Waals surface area (Å²) in [6, 6.07) is 20.9. The van der Waals surface area contributed by atoms with Crippen molar-refractivity contribution in [2.75, 3.05) is 72.4 Å². The fourth-order valence-electron chi connectivity index (χ4n) is 9.90. The van der Waals surface area contributed by atoms with Gasteiger partial charge >= 0.3 is 0 Å². The van der Waals surface area contributed by atoms with Gasteiger partial charge < -0.3 is 40.4 Å². The van der Waals surface area contributed by atoms with Gasteiger partial charge in [0.05, 0.1) is 35.0 Å². The van der Waals surface area contributed by atoms with Crippen molar-refractivity contribution >= 4 is 58.5 Å². The predicted octanol–water partition coefficient (Wildman–Crippen LogP) is 5.19. The Balaban J connectivity index is 0.00000220. The second-order valence-corrected chi connectivity index (χ2v) is 19.4. The van der Waals surface area contributed by atoms with Crippen LogP contribution in [0.25, 0.3) is 27.8 Å². The Hall–Kier alpha value is -7.59. The van der Waals surface area contributed by atoms with Crippen molar-refractivity contribution in [3.05, 3.63) is 90.6 Å². The lowest BCUT2D eigenvalue weighted by Gasteiger charge is -2.41. The number of hydrogen-bond acceptors (Lipinski definition) is 13. The van der Waals surface area contributed by atoms with Gasteiger partial charge in [0, 0.05) is 111 Å². The van der Waals surface area contributed by atoms with E-state index in [-0.39, 0.29) is 43.1 Å². The van der Waals surface area contributed by atoms with Crippen LogP contribution in [0.3, 0.4) is 0 Å². The minimum absolute atomic E-state index is 0.00338. The van der Waals surface area contributed by atoms with E-state index in [0.29, 0.717) is 81.0 Å². The molecule has 1 atom stereocenters. The van der Waals surface area contributed by atoms with E-state index in [1.807, 2.05) is 55.1 Å². The molecular formula is C52H60FN11O7. The summed E-state index contributed by atoms with van der Waals surface area (Å²) < 4.78 is 17.1. The number of anilines is 4. The number of carbonyl (C=O) groups excluding carboxylic acids is 4. The Morgan fingerprint density at radius 1 is 0.901 bits per heavy atom. The molecule has 4 aliphatic heterocycles. The zero-order valence-electron chi connectivity index (χ0n) is 40.2. The van der Waals surface area contributed by atoms with Crippen molar-refractivity contribution in [3.8, 4) is 28.3 Å². The van der Waals surface area contributed by atoms with Gasteiger partial charge in [0.1, 0.15) is 23.7 Å². The van der Waals surface area contributed by atoms with Gasteiger partial charge in [-0.2, -0.15) is 10.4 Å². The van der Waals surface area contributed by atoms with Crippen LogP contribution in [0.2, 0.25) is 0 Å². The van der Waals surface area contributed by atoms with Gasteiger partial charge in [0.2, 0.25) is 23.6 Å². The number of piperidine rings is 3. The van der Waals surface area contributed by atoms with Crippen molar-refractivity contribution in [1.82, 2.24) is 30.1 Å². The quantitative estimate of drug-likeness (QED) is 0.0848. The Bertz CT molecular complexity index is 2810. The van der Waals surface area contributed by atoms with Gasteiger partial charge in [-0.25, -0.2) is 13.9 Å². The minimum Gasteiger partial charge on any atom is -0.483 e. The molecule has 4 amide bonds. The van der Waals surface area contributed by atoms with Crippen LogP contribution in [0.15, 0.2) is 79.3 Å². The van der Waals surface area contributed by atoms with E-state index in [0.717, 1.165) is 59.7 Å². The molecule has 0 aliphatic carbocycles. The van der Waals surface area contributed by atoms with Gasteiger partial charge in [-0.05, 0) is 100 Å². The summed E-state index contributed by atoms with van der Waals surface area (Å²) in [6.45, 7) is 10.3. The molecule has 3 aromatic heterocycles. The molecule has 18 nitrogen and oxygen atoms in total. The van der Waals surface area contributed by atoms with Gasteiger partial charge in [0.15, 0.2) is 0 Å². The highest BCUT2D eigenvalue weighted by atomic mass is 19.1. The highest BCUT2D eigenvalue weighted by Crippen LogP contribution is 2.37. The molecule has 71 heavy (non-hydrogen) atoms. The Kier molecular flexibility index (Phi) is 14.9. The van der Waals surface area contributed by atoms with Crippen LogP contribution in [0.4, 0.5) is 27.3 Å². The molecule has 0 radical (unpaired) electrons. The molecule has 372 valence electrons. The highest BCUT2D eigenvalue weighted by molar-refractivity contribution is 6.01. The zero-order chi connectivity index (χ0) is 50.5. The summed E-state index contributed by atoms with van der Waals surface area (Å²) in [5.74, 6) is -0.348. The number of nitrogens with one attached hydrogen (secondary N) is 3. The van der Waals surface area contributed by atoms with Gasteiger partial charge in [0.25, 0.3) is 6.47 Å². The van der Waals surface area contributed by atoms with Crippen LogP contribution in [0.1, 0.15) is 71.3 Å². The summed E-state index contributed by atoms with van der Waals surface area (Å²) in [4.78, 5) is 71.4. The molecule has 5 aromatic rings. The number of aliphatic hydroxyl groups is 1. The number of carboxylic acid groups (broad SMARTS) is 1. The topological polar surface area (TPSA) is 229 Å². The molecule has 7 heterocycles. The monoisotopic (exact) mass is 969 g/mol. The number of carbonyl (C=O) groups is 5. The van der Waals surface area contributed by atoms with Crippen LogP contribution < -0.4 is 30.7 Å². The first kappa shape index (κ1) is 49.8. The first-order chi connectivity index (χ1) is 34.1. The van der Waals surface area contributed by atoms with Crippen molar-refractivity contribution in [1.29, 1.82) is 5.26 Å². The zero-order valence-corrected chi connectivity index (χ0v) is 40.2. The molecule has 1 unspecified atom stereocenters. The molecular weight excluding hydrogens is 910 g/mol. The lowest BCUT2D eigenvalue weighted by Crippen LogP contribution is -2.52. The molecule has 0 saturated carbocycles. The summed E-state index contributed by atoms with van der Waals surface area (Å²) in [7, 11) is 0. The van der Waals surface area contributed by atoms with Crippen LogP contribution in [0.5, 0.6) is 0 Å². The SMILES string of the molecule is CC(C)NC(=O)C1(C)CCN(c2ccc(-c3cc(-c4ccc(N5CCN(C(=O)CC6(O)CCN(c7ccc(NC8CCC(=O)NC8=O)cc7F)CC6)CC5)cc4)cn4ncc(C#N)c34)cn2)CC1.O=CO. The van der Waals surface area contributed by atoms with E-state index >= 15 is 4.39 Å². The van der Waals surface area contributed by atoms with E-state index in [4.69, 9.17) is 14.9 Å². The standard InChI is InChI=1S/C51H58FN11O5.CH2O2/c1-33(2)56-49(67)50(3)14-18-61(19-15-50)44-12-6-35(30-54-44)40-26-36(32-63-47(40)37(29-53)31-55-63)34-4-8-39(9-5-34)59-22-24-62(25-23-59)46(65)28-51(68)16-20-60(21-17-51)43-11-7-38(27-41(43)52)57-42-10-13-45(64)58-48(42)66;2-1-3/h4-9,11-12,26-27,30-33,42,57,68H,10,13-25,28H2,1-3H3,(H,56,67)(H,58,64,66);1H,(H,2,3). The number of imide groups is 1. The Morgan fingerprint density at radius 3 is 2.20 bits per heavy atom. The summed E-state index contributed by atoms with van der Waals surface area (Å²) in [5.41, 5.74) is 5.04. The van der Waals surface area contributed by atoms with Crippen LogP contribution in [-0.4, -0.2) is 130 Å². The lowest BCUT2D eigenvalue weighted by atomic mass is 9.79. The van der Waals surface area contributed by atoms with E-state index < -0.39 is 28.8 Å². The second-order valence-electron chi connectivity index (χ2n) is 19.4. The summed E-state index contributed by atoms with van der Waals surface area (Å²) in [5, 5.41) is 41.3. The van der Waals surface area contributed by atoms with E-state index in [9.17, 15) is 29.5 Å². The third kappa shape index (κ3) is 11.2. The Morgan fingerprint density at radius 2 is 1.58 bits per heavy atom. The van der Waals surface area contributed by atoms with Crippen molar-refractivity contribution in [3.63, 3.8) is 0 Å². The number of rotatable bonds is 11. The van der Waals surface area contributed by atoms with Crippen molar-refractivity contribution in [2.45, 2.75) is 83.4 Å². The molecule has 5 N–H and O–H groups in total. The fourth-order valence-corrected chi connectivity index (χ4v) is 9.90. The molecule has 9 rings (SSSR count). The van der Waals surface area contributed by atoms with Crippen molar-refractivity contribution < 1.29 is 38.6 Å². The normalized spacial score (nSPS) is 18.8. The van der Waals surface area contributed by atoms with Crippen molar-refractivity contribution in [2.24, 2.45) is 5.41 Å². The predicted molar refractivity (Wildman–Crippen MR) is 266 cm³/mol. The third-order valence-electron chi connectivity index (χ3n) is 14.2. The number of aromatic nitrogens is 3. The minimum atomic E-state index is -1.19. The lowest BCUT2D eigenvalue weighted by molar-refractivity contribution is -0.138. The molecule has 2 aromatic carbocycles. The number of halogens is 1. The second kappa shape index (κ2) is 21.2. The first-order valence-corrected chi connectivity index (χ1v) is 24.1. The maximum absolute atomic E-state index is 15.3. The highest BCUT2D eigenvalue weighted by Gasteiger charge is 2.39. The average molecular weight is 970 g/mol. The number of amides is 4. The number of hydrogen-bond donors (Lipinski definition) is 5. The van der Waals surface area contributed by atoms with E-state index in [1.165, 1.54) is 6.07 Å². The number of nitriles is 1. The van der Waals surface area contributed by atoms with E-state index in [2.05, 4.69) is 67.2 Å². The van der Waals surface area contributed by atoms with E-state index in [1.54, 1.807) is 22.8 Å². The molecule has 0 spiro atoms. The molecule has 4 fully saturated rings. The molecule has 0 bridgehead atoms. The Labute approximate surface area is 411 Å². The third-order valence-corrected chi connectivity index (χ3v) is 14.2. The fraction of sp³-hybridized carbons (Fsp3) is 0.423. The summed E-state index contributed by atoms with van der Waals surface area (Å²) >= 11 is 0. The number of piperazine rings is 1. The molecule has 4 saturated heterocycles. The average Bonchev–Trinajstić information content (AvgIpc) is 3.79. The van der Waals surface area contributed by atoms with Crippen LogP contribution in [-0.2, 0) is 24.0 Å². The molecule has 19 heteroatoms. The number of nitrogens with zero attached hydrogens (tertiary/aromatic N) is 8. The first-order valence-electron chi connectivity index (χ1n) is 24.1. The number of fused-ring (bicyclic) bond motifs is 1.